The summed E-state index contributed by atoms with van der Waals surface area (Å²) in [4.78, 5) is 33.2. The van der Waals surface area contributed by atoms with Gasteiger partial charge < -0.3 is 10.1 Å². The zero-order valence-electron chi connectivity index (χ0n) is 23.0. The van der Waals surface area contributed by atoms with Gasteiger partial charge in [0.05, 0.1) is 35.0 Å². The van der Waals surface area contributed by atoms with E-state index in [-0.39, 0.29) is 41.9 Å². The quantitative estimate of drug-likeness (QED) is 0.271. The molecule has 44 heavy (non-hydrogen) atoms. The Kier molecular flexibility index (Phi) is 8.94. The standard InChI is InChI=1S/C28H25F9N4O3/c1-3-19-12-21(20-11-16(26(29,30)31)5-6-22(20)41(19)25(43)44-4-2)39-24-38-13-15(23(42)40-24)7-14-8-17(27(32,33)34)10-18(9-14)28(35,36)37/h5-6,8-11,13,19,21H,3-4,7,12H2,1-2H3,(H2,38,39,40,42)/t19-,21+/m1/s1. The number of benzene rings is 2. The zero-order chi connectivity index (χ0) is 32.6. The number of fused-ring (bicyclic) bond motifs is 1. The van der Waals surface area contributed by atoms with Gasteiger partial charge in [0, 0.05) is 24.2 Å². The van der Waals surface area contributed by atoms with Crippen molar-refractivity contribution in [3.8, 4) is 0 Å². The van der Waals surface area contributed by atoms with Crippen LogP contribution < -0.4 is 15.8 Å². The number of ether oxygens (including phenoxy) is 1. The van der Waals surface area contributed by atoms with E-state index in [9.17, 15) is 49.1 Å². The highest BCUT2D eigenvalue weighted by Crippen LogP contribution is 2.43. The molecule has 0 unspecified atom stereocenters. The molecule has 1 aromatic heterocycles. The van der Waals surface area contributed by atoms with Crippen LogP contribution in [0.2, 0.25) is 0 Å². The molecule has 2 aromatic carbocycles. The van der Waals surface area contributed by atoms with E-state index < -0.39 is 70.9 Å². The fraction of sp³-hybridized carbons (Fsp3) is 0.393. The second kappa shape index (κ2) is 12.0. The third-order valence-electron chi connectivity index (χ3n) is 7.02. The molecule has 0 fully saturated rings. The summed E-state index contributed by atoms with van der Waals surface area (Å²) in [6, 6.07) is 2.39. The lowest BCUT2D eigenvalue weighted by Gasteiger charge is -2.40. The summed E-state index contributed by atoms with van der Waals surface area (Å²) < 4.78 is 125. The highest BCUT2D eigenvalue weighted by Gasteiger charge is 2.40. The number of rotatable bonds is 6. The third-order valence-corrected chi connectivity index (χ3v) is 7.02. The van der Waals surface area contributed by atoms with Crippen LogP contribution in [0, 0.1) is 0 Å². The molecule has 3 aromatic rings. The molecule has 1 aliphatic rings. The smallest absolute Gasteiger partial charge is 0.416 e. The van der Waals surface area contributed by atoms with Crippen molar-refractivity contribution in [1.82, 2.24) is 9.97 Å². The lowest BCUT2D eigenvalue weighted by molar-refractivity contribution is -0.143. The van der Waals surface area contributed by atoms with Gasteiger partial charge in [-0.25, -0.2) is 9.78 Å². The first kappa shape index (κ1) is 32.7. The number of aromatic nitrogens is 2. The first-order valence-electron chi connectivity index (χ1n) is 13.2. The van der Waals surface area contributed by atoms with Gasteiger partial charge in [-0.2, -0.15) is 39.5 Å². The molecule has 0 spiro atoms. The molecule has 7 nitrogen and oxygen atoms in total. The van der Waals surface area contributed by atoms with E-state index in [1.165, 1.54) is 4.90 Å². The molecule has 0 saturated heterocycles. The van der Waals surface area contributed by atoms with E-state index >= 15 is 0 Å². The number of aromatic amines is 1. The molecule has 1 amide bonds. The summed E-state index contributed by atoms with van der Waals surface area (Å²) in [5.74, 6) is -0.216. The fourth-order valence-electron chi connectivity index (χ4n) is 4.98. The first-order chi connectivity index (χ1) is 20.4. The highest BCUT2D eigenvalue weighted by atomic mass is 19.4. The number of carbonyl (C=O) groups is 1. The molecule has 238 valence electrons. The topological polar surface area (TPSA) is 87.3 Å². The number of nitrogens with zero attached hydrogens (tertiary/aromatic N) is 2. The minimum absolute atomic E-state index is 0.0267. The normalized spacial score (nSPS) is 17.3. The number of amides is 1. The number of carbonyl (C=O) groups excluding carboxylic acids is 1. The van der Waals surface area contributed by atoms with E-state index in [2.05, 4.69) is 15.3 Å². The Morgan fingerprint density at radius 1 is 0.955 bits per heavy atom. The van der Waals surface area contributed by atoms with Crippen LogP contribution in [0.15, 0.2) is 47.4 Å². The second-order valence-electron chi connectivity index (χ2n) is 10.0. The highest BCUT2D eigenvalue weighted by molar-refractivity contribution is 5.90. The van der Waals surface area contributed by atoms with E-state index in [1.54, 1.807) is 13.8 Å². The van der Waals surface area contributed by atoms with E-state index in [0.717, 1.165) is 24.4 Å². The zero-order valence-corrected chi connectivity index (χ0v) is 23.0. The molecule has 2 heterocycles. The first-order valence-corrected chi connectivity index (χ1v) is 13.2. The van der Waals surface area contributed by atoms with Crippen LogP contribution in [0.5, 0.6) is 0 Å². The minimum Gasteiger partial charge on any atom is -0.449 e. The van der Waals surface area contributed by atoms with E-state index in [0.29, 0.717) is 18.6 Å². The molecule has 0 saturated carbocycles. The Morgan fingerprint density at radius 3 is 2.09 bits per heavy atom. The maximum absolute atomic E-state index is 13.6. The average molecular weight is 637 g/mol. The maximum Gasteiger partial charge on any atom is 0.416 e. The predicted molar refractivity (Wildman–Crippen MR) is 140 cm³/mol. The van der Waals surface area contributed by atoms with Gasteiger partial charge in [-0.15, -0.1) is 0 Å². The van der Waals surface area contributed by atoms with Gasteiger partial charge in [-0.3, -0.25) is 14.7 Å². The van der Waals surface area contributed by atoms with Crippen LogP contribution in [-0.2, 0) is 29.7 Å². The molecule has 0 bridgehead atoms. The van der Waals surface area contributed by atoms with Gasteiger partial charge >= 0.3 is 24.6 Å². The SMILES string of the molecule is CCOC(=O)N1c2ccc(C(F)(F)F)cc2[C@@H](Nc2ncc(Cc3cc(C(F)(F)F)cc(C(F)(F)F)c3)c(=O)[nH]2)C[C@H]1CC. The van der Waals surface area contributed by atoms with Crippen LogP contribution in [0.25, 0.3) is 0 Å². The summed E-state index contributed by atoms with van der Waals surface area (Å²) in [5, 5.41) is 2.85. The maximum atomic E-state index is 13.6. The summed E-state index contributed by atoms with van der Waals surface area (Å²) in [6.07, 6.45) is -14.8. The van der Waals surface area contributed by atoms with Gasteiger partial charge in [0.2, 0.25) is 5.95 Å². The molecule has 1 aliphatic heterocycles. The minimum atomic E-state index is -5.07. The van der Waals surface area contributed by atoms with Crippen LogP contribution in [0.3, 0.4) is 0 Å². The lowest BCUT2D eigenvalue weighted by Crippen LogP contribution is -2.46. The number of hydrogen-bond donors (Lipinski definition) is 2. The van der Waals surface area contributed by atoms with E-state index in [4.69, 9.17) is 4.74 Å². The largest absolute Gasteiger partial charge is 0.449 e. The van der Waals surface area contributed by atoms with Crippen molar-refractivity contribution in [2.75, 3.05) is 16.8 Å². The van der Waals surface area contributed by atoms with Crippen LogP contribution in [0.4, 0.5) is 55.9 Å². The summed E-state index contributed by atoms with van der Waals surface area (Å²) in [7, 11) is 0. The number of alkyl halides is 9. The van der Waals surface area contributed by atoms with Crippen molar-refractivity contribution in [2.24, 2.45) is 0 Å². The number of H-pyrrole nitrogens is 1. The summed E-state index contributed by atoms with van der Waals surface area (Å²) in [5.41, 5.74) is -5.45. The molecule has 0 radical (unpaired) electrons. The fourth-order valence-corrected chi connectivity index (χ4v) is 4.98. The van der Waals surface area contributed by atoms with Crippen molar-refractivity contribution < 1.29 is 49.0 Å². The molecular formula is C28H25F9N4O3. The Bertz CT molecular complexity index is 1550. The van der Waals surface area contributed by atoms with Crippen molar-refractivity contribution in [3.63, 3.8) is 0 Å². The van der Waals surface area contributed by atoms with Crippen LogP contribution in [0.1, 0.15) is 66.1 Å². The number of hydrogen-bond acceptors (Lipinski definition) is 5. The Balaban J connectivity index is 1.68. The molecule has 2 atom stereocenters. The van der Waals surface area contributed by atoms with E-state index in [1.807, 2.05) is 0 Å². The summed E-state index contributed by atoms with van der Waals surface area (Å²) in [6.45, 7) is 3.36. The van der Waals surface area contributed by atoms with Crippen molar-refractivity contribution in [1.29, 1.82) is 0 Å². The van der Waals surface area contributed by atoms with Gasteiger partial charge in [-0.05, 0) is 67.3 Å². The molecular weight excluding hydrogens is 611 g/mol. The van der Waals surface area contributed by atoms with Crippen LogP contribution in [-0.4, -0.2) is 28.7 Å². The van der Waals surface area contributed by atoms with Gasteiger partial charge in [0.25, 0.3) is 5.56 Å². The number of nitrogens with one attached hydrogen (secondary N) is 2. The monoisotopic (exact) mass is 636 g/mol. The predicted octanol–water partition coefficient (Wildman–Crippen LogP) is 7.72. The third kappa shape index (κ3) is 7.10. The van der Waals surface area contributed by atoms with Crippen molar-refractivity contribution >= 4 is 17.7 Å². The van der Waals surface area contributed by atoms with Gasteiger partial charge in [0.1, 0.15) is 0 Å². The van der Waals surface area contributed by atoms with Crippen LogP contribution >= 0.6 is 0 Å². The molecule has 0 aliphatic carbocycles. The summed E-state index contributed by atoms with van der Waals surface area (Å²) >= 11 is 0. The number of anilines is 2. The second-order valence-corrected chi connectivity index (χ2v) is 10.0. The van der Waals surface area contributed by atoms with Crippen molar-refractivity contribution in [2.45, 2.75) is 63.7 Å². The Hall–Kier alpha value is -4.24. The van der Waals surface area contributed by atoms with Crippen molar-refractivity contribution in [3.05, 3.63) is 86.3 Å². The Labute approximate surface area is 244 Å². The lowest BCUT2D eigenvalue weighted by atomic mass is 9.89. The number of halogens is 9. The molecule has 4 rings (SSSR count). The van der Waals surface area contributed by atoms with Gasteiger partial charge in [0.15, 0.2) is 0 Å². The Morgan fingerprint density at radius 2 is 1.57 bits per heavy atom. The average Bonchev–Trinajstić information content (AvgIpc) is 2.92. The molecule has 2 N–H and O–H groups in total. The molecule has 16 heteroatoms. The van der Waals surface area contributed by atoms with Gasteiger partial charge in [-0.1, -0.05) is 6.92 Å².